The Hall–Kier alpha value is -2.53. The van der Waals surface area contributed by atoms with Gasteiger partial charge in [0.2, 0.25) is 0 Å². The summed E-state index contributed by atoms with van der Waals surface area (Å²) in [6, 6.07) is 15.0. The van der Waals surface area contributed by atoms with E-state index in [-0.39, 0.29) is 11.4 Å². The van der Waals surface area contributed by atoms with Gasteiger partial charge in [0.1, 0.15) is 11.6 Å². The summed E-state index contributed by atoms with van der Waals surface area (Å²) < 4.78 is 13.4. The van der Waals surface area contributed by atoms with Crippen LogP contribution in [-0.4, -0.2) is 40.0 Å². The van der Waals surface area contributed by atoms with E-state index in [9.17, 15) is 4.39 Å². The summed E-state index contributed by atoms with van der Waals surface area (Å²) in [6.07, 6.45) is 6.73. The number of fused-ring (bicyclic) bond motifs is 1. The first-order chi connectivity index (χ1) is 13.7. The van der Waals surface area contributed by atoms with Crippen molar-refractivity contribution in [1.82, 2.24) is 14.9 Å². The second-order valence-electron chi connectivity index (χ2n) is 8.06. The fourth-order valence-electron chi connectivity index (χ4n) is 4.92. The highest BCUT2D eigenvalue weighted by molar-refractivity contribution is 5.78. The van der Waals surface area contributed by atoms with Crippen LogP contribution in [0, 0.1) is 5.82 Å². The highest BCUT2D eigenvalue weighted by Crippen LogP contribution is 2.40. The highest BCUT2D eigenvalue weighted by Gasteiger charge is 2.43. The lowest BCUT2D eigenvalue weighted by molar-refractivity contribution is 0.0984. The smallest absolute Gasteiger partial charge is 0.128 e. The molecule has 1 spiro atoms. The van der Waals surface area contributed by atoms with E-state index in [0.717, 1.165) is 48.6 Å². The second-order valence-corrected chi connectivity index (χ2v) is 8.06. The van der Waals surface area contributed by atoms with Crippen LogP contribution < -0.4 is 4.90 Å². The molecule has 2 saturated heterocycles. The number of halogens is 1. The molecule has 5 rings (SSSR count). The molecule has 144 valence electrons. The van der Waals surface area contributed by atoms with Gasteiger partial charge in [0.05, 0.1) is 11.2 Å². The molecule has 0 unspecified atom stereocenters. The van der Waals surface area contributed by atoms with Crippen molar-refractivity contribution in [2.45, 2.75) is 37.8 Å². The number of anilines is 1. The van der Waals surface area contributed by atoms with E-state index in [1.807, 2.05) is 18.3 Å². The van der Waals surface area contributed by atoms with E-state index in [4.69, 9.17) is 4.98 Å². The van der Waals surface area contributed by atoms with Gasteiger partial charge in [-0.1, -0.05) is 12.1 Å². The number of hydrogen-bond acceptors (Lipinski definition) is 4. The summed E-state index contributed by atoms with van der Waals surface area (Å²) >= 11 is 0. The van der Waals surface area contributed by atoms with Crippen LogP contribution in [0.4, 0.5) is 10.2 Å². The van der Waals surface area contributed by atoms with Gasteiger partial charge in [-0.25, -0.2) is 9.37 Å². The van der Waals surface area contributed by atoms with Gasteiger partial charge < -0.3 is 4.90 Å². The average molecular weight is 376 g/mol. The lowest BCUT2D eigenvalue weighted by atomic mass is 9.85. The van der Waals surface area contributed by atoms with Gasteiger partial charge in [-0.15, -0.1) is 0 Å². The quantitative estimate of drug-likeness (QED) is 0.678. The third-order valence-corrected chi connectivity index (χ3v) is 6.47. The number of pyridine rings is 2. The van der Waals surface area contributed by atoms with Crippen LogP contribution in [0.2, 0.25) is 0 Å². The van der Waals surface area contributed by atoms with Crippen LogP contribution >= 0.6 is 0 Å². The SMILES string of the molecule is Fc1ccc2nc(CN3CCCC34CCN(c3ccccn3)CC4)ccc2c1. The average Bonchev–Trinajstić information content (AvgIpc) is 3.11. The molecule has 2 aromatic heterocycles. The number of hydrogen-bond donors (Lipinski definition) is 0. The molecular weight excluding hydrogens is 351 g/mol. The summed E-state index contributed by atoms with van der Waals surface area (Å²) in [5, 5.41) is 0.864. The molecule has 4 nitrogen and oxygen atoms in total. The van der Waals surface area contributed by atoms with Crippen molar-refractivity contribution < 1.29 is 4.39 Å². The summed E-state index contributed by atoms with van der Waals surface area (Å²) in [5.41, 5.74) is 2.23. The van der Waals surface area contributed by atoms with Crippen LogP contribution in [0.1, 0.15) is 31.4 Å². The highest BCUT2D eigenvalue weighted by atomic mass is 19.1. The van der Waals surface area contributed by atoms with Crippen LogP contribution in [0.3, 0.4) is 0 Å². The molecule has 4 heterocycles. The van der Waals surface area contributed by atoms with Gasteiger partial charge in [-0.2, -0.15) is 0 Å². The van der Waals surface area contributed by atoms with Crippen LogP contribution in [0.15, 0.2) is 54.7 Å². The predicted molar refractivity (Wildman–Crippen MR) is 110 cm³/mol. The maximum absolute atomic E-state index is 13.4. The Morgan fingerprint density at radius 3 is 2.68 bits per heavy atom. The van der Waals surface area contributed by atoms with Crippen molar-refractivity contribution in [2.75, 3.05) is 24.5 Å². The van der Waals surface area contributed by atoms with Crippen molar-refractivity contribution in [1.29, 1.82) is 0 Å². The Bertz CT molecular complexity index is 967. The van der Waals surface area contributed by atoms with Gasteiger partial charge in [0, 0.05) is 36.8 Å². The van der Waals surface area contributed by atoms with E-state index in [2.05, 4.69) is 33.0 Å². The van der Waals surface area contributed by atoms with E-state index in [1.165, 1.54) is 31.7 Å². The minimum atomic E-state index is -0.208. The number of benzene rings is 1. The van der Waals surface area contributed by atoms with Crippen molar-refractivity contribution in [3.63, 3.8) is 0 Å². The van der Waals surface area contributed by atoms with Gasteiger partial charge in [0.15, 0.2) is 0 Å². The molecule has 0 N–H and O–H groups in total. The number of likely N-dealkylation sites (tertiary alicyclic amines) is 1. The van der Waals surface area contributed by atoms with Gasteiger partial charge in [-0.3, -0.25) is 9.88 Å². The Balaban J connectivity index is 1.31. The van der Waals surface area contributed by atoms with E-state index >= 15 is 0 Å². The van der Waals surface area contributed by atoms with Gasteiger partial charge in [0.25, 0.3) is 0 Å². The van der Waals surface area contributed by atoms with Crippen molar-refractivity contribution in [2.24, 2.45) is 0 Å². The molecule has 1 aromatic carbocycles. The maximum atomic E-state index is 13.4. The van der Waals surface area contributed by atoms with Crippen LogP contribution in [0.5, 0.6) is 0 Å². The molecule has 0 amide bonds. The third-order valence-electron chi connectivity index (χ3n) is 6.47. The summed E-state index contributed by atoms with van der Waals surface area (Å²) in [7, 11) is 0. The van der Waals surface area contributed by atoms with Crippen LogP contribution in [0.25, 0.3) is 10.9 Å². The first-order valence-corrected chi connectivity index (χ1v) is 10.2. The zero-order valence-electron chi connectivity index (χ0n) is 16.0. The number of nitrogens with zero attached hydrogens (tertiary/aromatic N) is 4. The molecule has 2 aliphatic rings. The maximum Gasteiger partial charge on any atom is 0.128 e. The summed E-state index contributed by atoms with van der Waals surface area (Å²) in [5.74, 6) is 0.880. The zero-order valence-corrected chi connectivity index (χ0v) is 16.0. The normalized spacial score (nSPS) is 19.5. The zero-order chi connectivity index (χ0) is 19.0. The number of rotatable bonds is 3. The molecule has 0 bridgehead atoms. The van der Waals surface area contributed by atoms with Crippen molar-refractivity contribution in [3.05, 3.63) is 66.2 Å². The monoisotopic (exact) mass is 376 g/mol. The topological polar surface area (TPSA) is 32.3 Å². The third kappa shape index (κ3) is 3.24. The molecule has 2 aliphatic heterocycles. The minimum Gasteiger partial charge on any atom is -0.356 e. The summed E-state index contributed by atoms with van der Waals surface area (Å²) in [4.78, 5) is 14.4. The van der Waals surface area contributed by atoms with E-state index in [1.54, 1.807) is 12.1 Å². The molecule has 0 radical (unpaired) electrons. The Morgan fingerprint density at radius 1 is 0.964 bits per heavy atom. The lowest BCUT2D eigenvalue weighted by Crippen LogP contribution is -2.52. The molecule has 0 saturated carbocycles. The first kappa shape index (κ1) is 17.6. The molecule has 28 heavy (non-hydrogen) atoms. The Labute approximate surface area is 165 Å². The van der Waals surface area contributed by atoms with Gasteiger partial charge >= 0.3 is 0 Å². The lowest BCUT2D eigenvalue weighted by Gasteiger charge is -2.45. The predicted octanol–water partition coefficient (Wildman–Crippen LogP) is 4.40. The van der Waals surface area contributed by atoms with E-state index < -0.39 is 0 Å². The van der Waals surface area contributed by atoms with Crippen LogP contribution in [-0.2, 0) is 6.54 Å². The number of aromatic nitrogens is 2. The fraction of sp³-hybridized carbons (Fsp3) is 0.391. The molecule has 0 atom stereocenters. The van der Waals surface area contributed by atoms with Gasteiger partial charge in [-0.05, 0) is 68.6 Å². The minimum absolute atomic E-state index is 0.208. The molecule has 0 aliphatic carbocycles. The molecule has 3 aromatic rings. The fourth-order valence-corrected chi connectivity index (χ4v) is 4.92. The Kier molecular flexibility index (Phi) is 4.47. The Morgan fingerprint density at radius 2 is 1.86 bits per heavy atom. The second kappa shape index (κ2) is 7.13. The van der Waals surface area contributed by atoms with Crippen molar-refractivity contribution in [3.8, 4) is 0 Å². The standard InChI is InChI=1S/C23H25FN4/c24-19-6-8-21-18(16-19)5-7-20(26-21)17-28-13-3-9-23(28)10-14-27(15-11-23)22-4-1-2-12-25-22/h1-2,4-8,12,16H,3,9-11,13-15,17H2. The largest absolute Gasteiger partial charge is 0.356 e. The van der Waals surface area contributed by atoms with E-state index in [0.29, 0.717) is 0 Å². The number of piperidine rings is 1. The molecule has 5 heteroatoms. The first-order valence-electron chi connectivity index (χ1n) is 10.2. The molecule has 2 fully saturated rings. The summed E-state index contributed by atoms with van der Waals surface area (Å²) in [6.45, 7) is 4.11. The molecular formula is C23H25FN4. The van der Waals surface area contributed by atoms with Crippen molar-refractivity contribution >= 4 is 16.7 Å².